The number of aliphatic carboxylic acids is 1. The minimum Gasteiger partial charge on any atom is -0.481 e. The first-order valence-electron chi connectivity index (χ1n) is 6.27. The van der Waals surface area contributed by atoms with Crippen molar-refractivity contribution >= 4 is 12.1 Å². The van der Waals surface area contributed by atoms with Gasteiger partial charge in [-0.25, -0.2) is 4.79 Å². The molecule has 1 amide bonds. The Hall–Kier alpha value is -2.04. The van der Waals surface area contributed by atoms with E-state index in [-0.39, 0.29) is 12.5 Å². The molecule has 0 heterocycles. The van der Waals surface area contributed by atoms with Crippen molar-refractivity contribution in [3.8, 4) is 0 Å². The van der Waals surface area contributed by atoms with Crippen molar-refractivity contribution < 1.29 is 19.4 Å². The molecule has 0 aliphatic rings. The third kappa shape index (κ3) is 6.45. The summed E-state index contributed by atoms with van der Waals surface area (Å²) in [5.74, 6) is -1.20. The Kier molecular flexibility index (Phi) is 6.43. The normalized spacial score (nSPS) is 11.6. The molecular weight excluding hydrogens is 246 g/mol. The molecule has 0 unspecified atom stereocenters. The van der Waals surface area contributed by atoms with Crippen LogP contribution >= 0.6 is 0 Å². The highest BCUT2D eigenvalue weighted by atomic mass is 16.5. The van der Waals surface area contributed by atoms with E-state index in [0.29, 0.717) is 19.4 Å². The van der Waals surface area contributed by atoms with Crippen LogP contribution in [0, 0.1) is 5.92 Å². The molecule has 0 aliphatic heterocycles. The second kappa shape index (κ2) is 8.13. The molecule has 0 saturated heterocycles. The Bertz CT molecular complexity index is 405. The Balaban J connectivity index is 2.10. The second-order valence-electron chi connectivity index (χ2n) is 4.37. The number of rotatable bonds is 7. The number of carboxylic acid groups (broad SMARTS) is 1. The van der Waals surface area contributed by atoms with Crippen molar-refractivity contribution in [2.24, 2.45) is 5.92 Å². The van der Waals surface area contributed by atoms with Crippen LogP contribution in [-0.4, -0.2) is 23.7 Å². The van der Waals surface area contributed by atoms with Crippen molar-refractivity contribution in [1.82, 2.24) is 5.32 Å². The van der Waals surface area contributed by atoms with Crippen molar-refractivity contribution in [3.63, 3.8) is 0 Å². The lowest BCUT2D eigenvalue weighted by molar-refractivity contribution is -0.141. The number of nitrogens with one attached hydrogen (secondary N) is 1. The number of hydrogen-bond acceptors (Lipinski definition) is 3. The van der Waals surface area contributed by atoms with Crippen molar-refractivity contribution in [1.29, 1.82) is 0 Å². The molecule has 0 spiro atoms. The van der Waals surface area contributed by atoms with Crippen LogP contribution in [0.4, 0.5) is 4.79 Å². The van der Waals surface area contributed by atoms with Crippen LogP contribution in [0.3, 0.4) is 0 Å². The number of carbonyl (C=O) groups is 2. The zero-order valence-corrected chi connectivity index (χ0v) is 11.0. The monoisotopic (exact) mass is 265 g/mol. The van der Waals surface area contributed by atoms with Crippen LogP contribution < -0.4 is 5.32 Å². The lowest BCUT2D eigenvalue weighted by Gasteiger charge is -2.08. The lowest BCUT2D eigenvalue weighted by atomic mass is 10.1. The average Bonchev–Trinajstić information content (AvgIpc) is 2.42. The van der Waals surface area contributed by atoms with Crippen LogP contribution in [0.25, 0.3) is 0 Å². The fourth-order valence-corrected chi connectivity index (χ4v) is 1.50. The zero-order chi connectivity index (χ0) is 14.1. The van der Waals surface area contributed by atoms with Gasteiger partial charge in [0.1, 0.15) is 6.61 Å². The van der Waals surface area contributed by atoms with Gasteiger partial charge in [-0.05, 0) is 18.4 Å². The van der Waals surface area contributed by atoms with Crippen LogP contribution in [-0.2, 0) is 16.1 Å². The Labute approximate surface area is 112 Å². The summed E-state index contributed by atoms with van der Waals surface area (Å²) < 4.78 is 5.02. The van der Waals surface area contributed by atoms with Crippen LogP contribution in [0.15, 0.2) is 30.3 Å². The van der Waals surface area contributed by atoms with Gasteiger partial charge < -0.3 is 15.2 Å². The third-order valence-electron chi connectivity index (χ3n) is 2.72. The molecule has 0 radical (unpaired) electrons. The zero-order valence-electron chi connectivity index (χ0n) is 11.0. The summed E-state index contributed by atoms with van der Waals surface area (Å²) in [6, 6.07) is 9.41. The molecule has 0 bridgehead atoms. The maximum atomic E-state index is 11.3. The molecule has 1 atom stereocenters. The number of carbonyl (C=O) groups excluding carboxylic acids is 1. The quantitative estimate of drug-likeness (QED) is 0.742. The summed E-state index contributed by atoms with van der Waals surface area (Å²) in [4.78, 5) is 21.9. The predicted molar refractivity (Wildman–Crippen MR) is 70.7 cm³/mol. The summed E-state index contributed by atoms with van der Waals surface area (Å²) in [5, 5.41) is 11.3. The molecule has 0 aliphatic carbocycles. The van der Waals surface area contributed by atoms with E-state index in [1.165, 1.54) is 0 Å². The standard InChI is InChI=1S/C14H19NO4/c1-11(13(16)17)6-5-9-15-14(18)19-10-12-7-3-2-4-8-12/h2-4,7-8,11H,5-6,9-10H2,1H3,(H,15,18)(H,16,17)/t11-/m0/s1. The van der Waals surface area contributed by atoms with E-state index < -0.39 is 12.1 Å². The highest BCUT2D eigenvalue weighted by Gasteiger charge is 2.10. The van der Waals surface area contributed by atoms with E-state index >= 15 is 0 Å². The molecule has 2 N–H and O–H groups in total. The van der Waals surface area contributed by atoms with Gasteiger partial charge in [0.2, 0.25) is 0 Å². The summed E-state index contributed by atoms with van der Waals surface area (Å²) in [6.45, 7) is 2.31. The van der Waals surface area contributed by atoms with Gasteiger partial charge in [0.05, 0.1) is 5.92 Å². The molecule has 0 fully saturated rings. The van der Waals surface area contributed by atoms with E-state index in [0.717, 1.165) is 5.56 Å². The van der Waals surface area contributed by atoms with Crippen LogP contribution in [0.5, 0.6) is 0 Å². The van der Waals surface area contributed by atoms with E-state index in [2.05, 4.69) is 5.32 Å². The number of carboxylic acids is 1. The summed E-state index contributed by atoms with van der Waals surface area (Å²) in [7, 11) is 0. The van der Waals surface area contributed by atoms with Gasteiger partial charge in [0, 0.05) is 6.54 Å². The minimum atomic E-state index is -0.813. The molecule has 0 saturated carbocycles. The highest BCUT2D eigenvalue weighted by Crippen LogP contribution is 2.04. The minimum absolute atomic E-state index is 0.234. The average molecular weight is 265 g/mol. The van der Waals surface area contributed by atoms with Gasteiger partial charge >= 0.3 is 12.1 Å². The summed E-state index contributed by atoms with van der Waals surface area (Å²) in [5.41, 5.74) is 0.928. The van der Waals surface area contributed by atoms with E-state index in [1.807, 2.05) is 30.3 Å². The first-order valence-corrected chi connectivity index (χ1v) is 6.27. The summed E-state index contributed by atoms with van der Waals surface area (Å²) >= 11 is 0. The molecule has 5 heteroatoms. The molecular formula is C14H19NO4. The topological polar surface area (TPSA) is 75.6 Å². The van der Waals surface area contributed by atoms with Gasteiger partial charge in [0.15, 0.2) is 0 Å². The fraction of sp³-hybridized carbons (Fsp3) is 0.429. The van der Waals surface area contributed by atoms with E-state index in [4.69, 9.17) is 9.84 Å². The van der Waals surface area contributed by atoms with E-state index in [9.17, 15) is 9.59 Å². The predicted octanol–water partition coefficient (Wildman–Crippen LogP) is 2.41. The summed E-state index contributed by atoms with van der Waals surface area (Å²) in [6.07, 6.45) is 0.675. The van der Waals surface area contributed by atoms with Gasteiger partial charge in [-0.3, -0.25) is 4.79 Å². The van der Waals surface area contributed by atoms with E-state index in [1.54, 1.807) is 6.92 Å². The number of amides is 1. The van der Waals surface area contributed by atoms with Gasteiger partial charge in [-0.1, -0.05) is 37.3 Å². The maximum absolute atomic E-state index is 11.3. The van der Waals surface area contributed by atoms with Gasteiger partial charge in [0.25, 0.3) is 0 Å². The van der Waals surface area contributed by atoms with Crippen LogP contribution in [0.2, 0.25) is 0 Å². The Morgan fingerprint density at radius 2 is 2.00 bits per heavy atom. The molecule has 1 aromatic carbocycles. The lowest BCUT2D eigenvalue weighted by Crippen LogP contribution is -2.25. The third-order valence-corrected chi connectivity index (χ3v) is 2.72. The Morgan fingerprint density at radius 3 is 2.63 bits per heavy atom. The highest BCUT2D eigenvalue weighted by molar-refractivity contribution is 5.69. The largest absolute Gasteiger partial charge is 0.481 e. The second-order valence-corrected chi connectivity index (χ2v) is 4.37. The Morgan fingerprint density at radius 1 is 1.32 bits per heavy atom. The maximum Gasteiger partial charge on any atom is 0.407 e. The number of hydrogen-bond donors (Lipinski definition) is 2. The number of alkyl carbamates (subject to hydrolysis) is 1. The smallest absolute Gasteiger partial charge is 0.407 e. The van der Waals surface area contributed by atoms with Crippen molar-refractivity contribution in [3.05, 3.63) is 35.9 Å². The molecule has 19 heavy (non-hydrogen) atoms. The van der Waals surface area contributed by atoms with Gasteiger partial charge in [-0.2, -0.15) is 0 Å². The van der Waals surface area contributed by atoms with Crippen LogP contribution in [0.1, 0.15) is 25.3 Å². The number of benzene rings is 1. The first-order chi connectivity index (χ1) is 9.09. The van der Waals surface area contributed by atoms with Gasteiger partial charge in [-0.15, -0.1) is 0 Å². The van der Waals surface area contributed by atoms with Crippen molar-refractivity contribution in [2.75, 3.05) is 6.54 Å². The SMILES string of the molecule is C[C@@H](CCCNC(=O)OCc1ccccc1)C(=O)O. The molecule has 1 aromatic rings. The number of ether oxygens (including phenoxy) is 1. The molecule has 0 aromatic heterocycles. The first kappa shape index (κ1) is 15.0. The fourth-order valence-electron chi connectivity index (χ4n) is 1.50. The molecule has 104 valence electrons. The molecule has 5 nitrogen and oxygen atoms in total. The van der Waals surface area contributed by atoms with Crippen molar-refractivity contribution in [2.45, 2.75) is 26.4 Å². The molecule has 1 rings (SSSR count).